The molecule has 0 unspecified atom stereocenters. The Hall–Kier alpha value is -1.84. The normalized spacial score (nSPS) is 17.8. The van der Waals surface area contributed by atoms with Crippen molar-refractivity contribution >= 4 is 17.6 Å². The van der Waals surface area contributed by atoms with Crippen LogP contribution in [-0.2, 0) is 6.18 Å². The van der Waals surface area contributed by atoms with Crippen molar-refractivity contribution in [2.24, 2.45) is 0 Å². The van der Waals surface area contributed by atoms with Gasteiger partial charge in [-0.05, 0) is 37.4 Å². The topological polar surface area (TPSA) is 59.7 Å². The van der Waals surface area contributed by atoms with Gasteiger partial charge >= 0.3 is 6.18 Å². The Labute approximate surface area is 146 Å². The first-order chi connectivity index (χ1) is 11.8. The molecule has 2 aromatic rings. The SMILES string of the molecule is CN(C)c1cc(C(F)(F)F)nc(Sc2nnc(C3CC3)n2C2CC2)n1. The monoisotopic (exact) mass is 370 g/mol. The molecule has 0 amide bonds. The summed E-state index contributed by atoms with van der Waals surface area (Å²) in [5, 5.41) is 9.08. The van der Waals surface area contributed by atoms with Gasteiger partial charge in [0.1, 0.15) is 11.6 Å². The molecule has 0 saturated heterocycles. The van der Waals surface area contributed by atoms with Gasteiger partial charge in [-0.3, -0.25) is 0 Å². The van der Waals surface area contributed by atoms with Gasteiger partial charge in [0.2, 0.25) is 0 Å². The van der Waals surface area contributed by atoms with E-state index >= 15 is 0 Å². The third-order valence-corrected chi connectivity index (χ3v) is 4.99. The van der Waals surface area contributed by atoms with E-state index in [9.17, 15) is 13.2 Å². The molecule has 134 valence electrons. The van der Waals surface area contributed by atoms with Crippen molar-refractivity contribution in [3.63, 3.8) is 0 Å². The van der Waals surface area contributed by atoms with E-state index in [0.29, 0.717) is 17.1 Å². The van der Waals surface area contributed by atoms with Crippen molar-refractivity contribution < 1.29 is 13.2 Å². The van der Waals surface area contributed by atoms with Crippen LogP contribution in [0.5, 0.6) is 0 Å². The van der Waals surface area contributed by atoms with Crippen molar-refractivity contribution in [2.45, 2.75) is 54.1 Å². The van der Waals surface area contributed by atoms with E-state index in [2.05, 4.69) is 24.7 Å². The van der Waals surface area contributed by atoms with E-state index in [4.69, 9.17) is 0 Å². The van der Waals surface area contributed by atoms with Gasteiger partial charge in [-0.15, -0.1) is 10.2 Å². The lowest BCUT2D eigenvalue weighted by molar-refractivity contribution is -0.141. The highest BCUT2D eigenvalue weighted by Gasteiger charge is 2.37. The van der Waals surface area contributed by atoms with Crippen molar-refractivity contribution in [3.8, 4) is 0 Å². The molecule has 4 rings (SSSR count). The average Bonchev–Trinajstić information content (AvgIpc) is 3.45. The van der Waals surface area contributed by atoms with E-state index in [1.165, 1.54) is 4.90 Å². The minimum Gasteiger partial charge on any atom is -0.363 e. The maximum Gasteiger partial charge on any atom is 0.433 e. The summed E-state index contributed by atoms with van der Waals surface area (Å²) < 4.78 is 41.5. The minimum atomic E-state index is -4.52. The second-order valence-corrected chi connectivity index (χ2v) is 7.54. The molecule has 2 aliphatic carbocycles. The van der Waals surface area contributed by atoms with Crippen molar-refractivity contribution in [1.29, 1.82) is 0 Å². The maximum absolute atomic E-state index is 13.1. The van der Waals surface area contributed by atoms with Crippen LogP contribution in [0.2, 0.25) is 0 Å². The van der Waals surface area contributed by atoms with Crippen molar-refractivity contribution in [3.05, 3.63) is 17.6 Å². The van der Waals surface area contributed by atoms with Crippen LogP contribution in [0.3, 0.4) is 0 Å². The molecule has 0 radical (unpaired) electrons. The van der Waals surface area contributed by atoms with Gasteiger partial charge in [0, 0.05) is 32.1 Å². The lowest BCUT2D eigenvalue weighted by Gasteiger charge is -2.15. The van der Waals surface area contributed by atoms with Gasteiger partial charge < -0.3 is 9.47 Å². The number of halogens is 3. The van der Waals surface area contributed by atoms with Crippen LogP contribution in [-0.4, -0.2) is 38.8 Å². The Bertz CT molecular complexity index is 795. The van der Waals surface area contributed by atoms with E-state index in [-0.39, 0.29) is 11.0 Å². The first-order valence-corrected chi connectivity index (χ1v) is 8.91. The van der Waals surface area contributed by atoms with Crippen LogP contribution >= 0.6 is 11.8 Å². The third-order valence-electron chi connectivity index (χ3n) is 4.17. The summed E-state index contributed by atoms with van der Waals surface area (Å²) >= 11 is 1.05. The largest absolute Gasteiger partial charge is 0.433 e. The summed E-state index contributed by atoms with van der Waals surface area (Å²) in [6, 6.07) is 1.30. The molecule has 2 aliphatic rings. The van der Waals surface area contributed by atoms with Crippen molar-refractivity contribution in [1.82, 2.24) is 24.7 Å². The second-order valence-electron chi connectivity index (χ2n) is 6.60. The van der Waals surface area contributed by atoms with Gasteiger partial charge in [0.25, 0.3) is 0 Å². The fraction of sp³-hybridized carbons (Fsp3) is 0.600. The van der Waals surface area contributed by atoms with E-state index in [0.717, 1.165) is 49.3 Å². The second kappa shape index (κ2) is 5.86. The molecule has 0 atom stereocenters. The summed E-state index contributed by atoms with van der Waals surface area (Å²) in [5.74, 6) is 1.59. The average molecular weight is 370 g/mol. The van der Waals surface area contributed by atoms with Crippen LogP contribution in [0.25, 0.3) is 0 Å². The van der Waals surface area contributed by atoms with Gasteiger partial charge in [-0.25, -0.2) is 9.97 Å². The number of nitrogens with zero attached hydrogens (tertiary/aromatic N) is 6. The standard InChI is InChI=1S/C15H17F3N6S/c1-23(2)11-7-10(15(16,17)18)19-13(20-11)25-14-22-21-12(8-3-4-8)24(14)9-5-6-9/h7-9H,3-6H2,1-2H3. The van der Waals surface area contributed by atoms with Gasteiger partial charge in [0.15, 0.2) is 16.0 Å². The highest BCUT2D eigenvalue weighted by atomic mass is 32.2. The summed E-state index contributed by atoms with van der Waals surface area (Å²) in [6.45, 7) is 0. The molecule has 0 bridgehead atoms. The van der Waals surface area contributed by atoms with E-state index < -0.39 is 11.9 Å². The molecular weight excluding hydrogens is 353 g/mol. The van der Waals surface area contributed by atoms with E-state index in [1.807, 2.05) is 0 Å². The van der Waals surface area contributed by atoms with Gasteiger partial charge in [-0.2, -0.15) is 13.2 Å². The predicted octanol–water partition coefficient (Wildman–Crippen LogP) is 3.52. The molecule has 2 aromatic heterocycles. The lowest BCUT2D eigenvalue weighted by atomic mass is 10.4. The highest BCUT2D eigenvalue weighted by molar-refractivity contribution is 7.99. The summed E-state index contributed by atoms with van der Waals surface area (Å²) in [4.78, 5) is 9.45. The summed E-state index contributed by atoms with van der Waals surface area (Å²) in [5.41, 5.74) is -0.950. The first-order valence-electron chi connectivity index (χ1n) is 8.09. The molecule has 6 nitrogen and oxygen atoms in total. The number of aromatic nitrogens is 5. The molecule has 0 spiro atoms. The molecule has 2 saturated carbocycles. The fourth-order valence-corrected chi connectivity index (χ4v) is 3.44. The van der Waals surface area contributed by atoms with Crippen molar-refractivity contribution in [2.75, 3.05) is 19.0 Å². The molecule has 0 aromatic carbocycles. The molecule has 10 heteroatoms. The Kier molecular flexibility index (Phi) is 3.89. The van der Waals surface area contributed by atoms with Crippen LogP contribution in [0.15, 0.2) is 16.4 Å². The molecule has 0 N–H and O–H groups in total. The third kappa shape index (κ3) is 3.44. The molecule has 25 heavy (non-hydrogen) atoms. The number of hydrogen-bond acceptors (Lipinski definition) is 6. The number of anilines is 1. The molecule has 0 aliphatic heterocycles. The maximum atomic E-state index is 13.1. The van der Waals surface area contributed by atoms with Gasteiger partial charge in [0.05, 0.1) is 0 Å². The zero-order valence-electron chi connectivity index (χ0n) is 13.8. The molecule has 2 fully saturated rings. The fourth-order valence-electron chi connectivity index (χ4n) is 2.57. The zero-order chi connectivity index (χ0) is 17.8. The minimum absolute atomic E-state index is 0.0372. The Morgan fingerprint density at radius 3 is 2.40 bits per heavy atom. The molecule has 2 heterocycles. The van der Waals surface area contributed by atoms with Crippen LogP contribution in [0.1, 0.15) is 49.2 Å². The smallest absolute Gasteiger partial charge is 0.363 e. The van der Waals surface area contributed by atoms with Crippen LogP contribution in [0.4, 0.5) is 19.0 Å². The molecular formula is C15H17F3N6S. The quantitative estimate of drug-likeness (QED) is 0.751. The van der Waals surface area contributed by atoms with Gasteiger partial charge in [-0.1, -0.05) is 0 Å². The number of hydrogen-bond donors (Lipinski definition) is 0. The highest BCUT2D eigenvalue weighted by Crippen LogP contribution is 2.46. The summed E-state index contributed by atoms with van der Waals surface area (Å²) in [7, 11) is 3.30. The Morgan fingerprint density at radius 2 is 1.84 bits per heavy atom. The zero-order valence-corrected chi connectivity index (χ0v) is 14.6. The number of alkyl halides is 3. The Morgan fingerprint density at radius 1 is 1.12 bits per heavy atom. The Balaban J connectivity index is 1.70. The predicted molar refractivity (Wildman–Crippen MR) is 85.8 cm³/mol. The van der Waals surface area contributed by atoms with Crippen LogP contribution in [0, 0.1) is 0 Å². The summed E-state index contributed by atoms with van der Waals surface area (Å²) in [6.07, 6.45) is -0.220. The first kappa shape index (κ1) is 16.6. The van der Waals surface area contributed by atoms with Crippen LogP contribution < -0.4 is 4.90 Å². The van der Waals surface area contributed by atoms with E-state index in [1.54, 1.807) is 14.1 Å². The number of rotatable bonds is 5. The lowest BCUT2D eigenvalue weighted by Crippen LogP contribution is -2.16.